The summed E-state index contributed by atoms with van der Waals surface area (Å²) in [5.41, 5.74) is 3.30. The van der Waals surface area contributed by atoms with Gasteiger partial charge in [-0.3, -0.25) is 9.59 Å². The van der Waals surface area contributed by atoms with Crippen molar-refractivity contribution in [1.82, 2.24) is 0 Å². The standard InChI is InChI=1S/C34H38O4/c1-22-12-14-23(15-13-22)16-17-25(35)20-26(36)21-30(37)38-32-29-18-19-34(4,33(29,2)3)31(32)28-11-7-9-24-8-5-6-10-27(24)28/h5-17,26,29,31-32,36H,18-21H2,1-4H3/t26-,29?,31?,32?,34+/m0/s1. The molecular formula is C34H38O4. The molecule has 4 nitrogen and oxygen atoms in total. The van der Waals surface area contributed by atoms with Crippen molar-refractivity contribution in [1.29, 1.82) is 0 Å². The number of ether oxygens (including phenoxy) is 1. The predicted octanol–water partition coefficient (Wildman–Crippen LogP) is 7.02. The lowest BCUT2D eigenvalue weighted by molar-refractivity contribution is -0.155. The average molecular weight is 511 g/mol. The Hall–Kier alpha value is -3.24. The number of hydrogen-bond donors (Lipinski definition) is 1. The molecule has 2 aliphatic carbocycles. The van der Waals surface area contributed by atoms with E-state index in [1.54, 1.807) is 6.08 Å². The maximum absolute atomic E-state index is 13.1. The van der Waals surface area contributed by atoms with E-state index in [1.807, 2.05) is 31.2 Å². The van der Waals surface area contributed by atoms with Gasteiger partial charge in [0.15, 0.2) is 5.78 Å². The number of aryl methyl sites for hydroxylation is 1. The number of allylic oxidation sites excluding steroid dienone is 1. The Morgan fingerprint density at radius 3 is 2.47 bits per heavy atom. The molecule has 4 heteroatoms. The number of fused-ring (bicyclic) bond motifs is 3. The SMILES string of the molecule is Cc1ccc(C=CC(=O)C[C@H](O)CC(=O)OC2C3CC[C@](C)(C2c2cccc4ccccc24)C3(C)C)cc1. The van der Waals surface area contributed by atoms with Gasteiger partial charge in [0.2, 0.25) is 0 Å². The zero-order valence-electron chi connectivity index (χ0n) is 22.8. The fourth-order valence-corrected chi connectivity index (χ4v) is 7.11. The first-order valence-corrected chi connectivity index (χ1v) is 13.7. The first kappa shape index (κ1) is 26.4. The van der Waals surface area contributed by atoms with Gasteiger partial charge < -0.3 is 9.84 Å². The van der Waals surface area contributed by atoms with Gasteiger partial charge in [0, 0.05) is 18.3 Å². The molecule has 5 atom stereocenters. The first-order valence-electron chi connectivity index (χ1n) is 13.7. The Morgan fingerprint density at radius 1 is 1.00 bits per heavy atom. The molecule has 5 rings (SSSR count). The van der Waals surface area contributed by atoms with Gasteiger partial charge >= 0.3 is 5.97 Å². The van der Waals surface area contributed by atoms with Crippen molar-refractivity contribution < 1.29 is 19.4 Å². The molecule has 2 saturated carbocycles. The van der Waals surface area contributed by atoms with Crippen molar-refractivity contribution in [3.63, 3.8) is 0 Å². The molecule has 2 bridgehead atoms. The Kier molecular flexibility index (Phi) is 7.04. The van der Waals surface area contributed by atoms with Crippen LogP contribution in [0.25, 0.3) is 16.8 Å². The van der Waals surface area contributed by atoms with Crippen LogP contribution in [-0.4, -0.2) is 29.1 Å². The number of hydrogen-bond acceptors (Lipinski definition) is 4. The Balaban J connectivity index is 1.30. The van der Waals surface area contributed by atoms with E-state index in [1.165, 1.54) is 22.4 Å². The van der Waals surface area contributed by atoms with E-state index in [9.17, 15) is 14.7 Å². The van der Waals surface area contributed by atoms with E-state index in [-0.39, 0.29) is 47.4 Å². The first-order chi connectivity index (χ1) is 18.1. The summed E-state index contributed by atoms with van der Waals surface area (Å²) in [6, 6.07) is 22.7. The quantitative estimate of drug-likeness (QED) is 0.261. The number of esters is 1. The summed E-state index contributed by atoms with van der Waals surface area (Å²) >= 11 is 0. The molecule has 0 spiro atoms. The third kappa shape index (κ3) is 4.71. The predicted molar refractivity (Wildman–Crippen MR) is 152 cm³/mol. The van der Waals surface area contributed by atoms with Crippen LogP contribution in [0.5, 0.6) is 0 Å². The smallest absolute Gasteiger partial charge is 0.308 e. The lowest BCUT2D eigenvalue weighted by atomic mass is 9.64. The summed E-state index contributed by atoms with van der Waals surface area (Å²) < 4.78 is 6.23. The van der Waals surface area contributed by atoms with Crippen molar-refractivity contribution in [2.45, 2.75) is 71.5 Å². The van der Waals surface area contributed by atoms with Crippen LogP contribution in [0.3, 0.4) is 0 Å². The topological polar surface area (TPSA) is 63.6 Å². The summed E-state index contributed by atoms with van der Waals surface area (Å²) in [7, 11) is 0. The van der Waals surface area contributed by atoms with E-state index in [4.69, 9.17) is 4.74 Å². The third-order valence-electron chi connectivity index (χ3n) is 9.59. The van der Waals surface area contributed by atoms with Crippen molar-refractivity contribution in [3.8, 4) is 0 Å². The van der Waals surface area contributed by atoms with Crippen LogP contribution in [0.4, 0.5) is 0 Å². The molecule has 2 fully saturated rings. The van der Waals surface area contributed by atoms with Gasteiger partial charge in [-0.05, 0) is 58.6 Å². The number of aliphatic hydroxyl groups is 1. The highest BCUT2D eigenvalue weighted by Crippen LogP contribution is 2.72. The lowest BCUT2D eigenvalue weighted by Crippen LogP contribution is -2.35. The molecule has 198 valence electrons. The highest BCUT2D eigenvalue weighted by atomic mass is 16.5. The molecule has 0 aliphatic heterocycles. The molecule has 3 aromatic rings. The number of benzene rings is 3. The van der Waals surface area contributed by atoms with Crippen molar-refractivity contribution in [2.24, 2.45) is 16.7 Å². The zero-order chi connectivity index (χ0) is 27.1. The van der Waals surface area contributed by atoms with Crippen LogP contribution in [-0.2, 0) is 14.3 Å². The van der Waals surface area contributed by atoms with Crippen molar-refractivity contribution in [3.05, 3.63) is 89.5 Å². The van der Waals surface area contributed by atoms with Crippen molar-refractivity contribution in [2.75, 3.05) is 0 Å². The number of carbonyl (C=O) groups excluding carboxylic acids is 2. The van der Waals surface area contributed by atoms with Crippen LogP contribution in [0.15, 0.2) is 72.8 Å². The minimum atomic E-state index is -1.07. The maximum Gasteiger partial charge on any atom is 0.308 e. The number of ketones is 1. The molecule has 1 N–H and O–H groups in total. The number of aliphatic hydroxyl groups excluding tert-OH is 1. The summed E-state index contributed by atoms with van der Waals surface area (Å²) in [4.78, 5) is 25.5. The maximum atomic E-state index is 13.1. The Bertz CT molecular complexity index is 1360. The molecular weight excluding hydrogens is 472 g/mol. The molecule has 0 heterocycles. The second kappa shape index (κ2) is 10.1. The summed E-state index contributed by atoms with van der Waals surface area (Å²) in [6.45, 7) is 8.98. The van der Waals surface area contributed by atoms with Crippen LogP contribution in [0.1, 0.15) is 69.1 Å². The second-order valence-corrected chi connectivity index (χ2v) is 12.1. The van der Waals surface area contributed by atoms with Gasteiger partial charge in [0.25, 0.3) is 0 Å². The summed E-state index contributed by atoms with van der Waals surface area (Å²) in [5, 5.41) is 12.9. The zero-order valence-corrected chi connectivity index (χ0v) is 22.8. The summed E-state index contributed by atoms with van der Waals surface area (Å²) in [5.74, 6) is -0.331. The molecule has 0 saturated heterocycles. The molecule has 0 aromatic heterocycles. The third-order valence-corrected chi connectivity index (χ3v) is 9.59. The molecule has 2 aliphatic rings. The van der Waals surface area contributed by atoms with E-state index >= 15 is 0 Å². The lowest BCUT2D eigenvalue weighted by Gasteiger charge is -2.40. The fourth-order valence-electron chi connectivity index (χ4n) is 7.11. The minimum absolute atomic E-state index is 0.00884. The molecule has 0 radical (unpaired) electrons. The van der Waals surface area contributed by atoms with Crippen LogP contribution < -0.4 is 0 Å². The van der Waals surface area contributed by atoms with E-state index in [2.05, 4.69) is 63.2 Å². The average Bonchev–Trinajstić information content (AvgIpc) is 3.20. The molecule has 38 heavy (non-hydrogen) atoms. The van der Waals surface area contributed by atoms with Gasteiger partial charge in [0.05, 0.1) is 12.5 Å². The number of rotatable bonds is 8. The Labute approximate surface area is 225 Å². The van der Waals surface area contributed by atoms with Crippen LogP contribution in [0, 0.1) is 23.7 Å². The van der Waals surface area contributed by atoms with Gasteiger partial charge in [-0.1, -0.05) is 99.1 Å². The largest absolute Gasteiger partial charge is 0.461 e. The highest BCUT2D eigenvalue weighted by Gasteiger charge is 2.67. The van der Waals surface area contributed by atoms with E-state index in [0.717, 1.165) is 24.0 Å². The molecule has 3 unspecified atom stereocenters. The van der Waals surface area contributed by atoms with Gasteiger partial charge in [-0.15, -0.1) is 0 Å². The summed E-state index contributed by atoms with van der Waals surface area (Å²) in [6.07, 6.45) is 3.69. The van der Waals surface area contributed by atoms with E-state index in [0.29, 0.717) is 0 Å². The minimum Gasteiger partial charge on any atom is -0.461 e. The molecule has 3 aromatic carbocycles. The van der Waals surface area contributed by atoms with Crippen molar-refractivity contribution >= 4 is 28.6 Å². The van der Waals surface area contributed by atoms with Gasteiger partial charge in [-0.25, -0.2) is 0 Å². The normalized spacial score (nSPS) is 26.6. The monoisotopic (exact) mass is 510 g/mol. The molecule has 0 amide bonds. The van der Waals surface area contributed by atoms with Gasteiger partial charge in [0.1, 0.15) is 6.10 Å². The second-order valence-electron chi connectivity index (χ2n) is 12.1. The fraction of sp³-hybridized carbons (Fsp3) is 0.412. The van der Waals surface area contributed by atoms with Gasteiger partial charge in [-0.2, -0.15) is 0 Å². The van der Waals surface area contributed by atoms with Crippen LogP contribution >= 0.6 is 0 Å². The Morgan fingerprint density at radius 2 is 1.71 bits per heavy atom. The van der Waals surface area contributed by atoms with Crippen LogP contribution in [0.2, 0.25) is 0 Å². The number of carbonyl (C=O) groups is 2. The highest BCUT2D eigenvalue weighted by molar-refractivity contribution is 5.94. The van der Waals surface area contributed by atoms with E-state index < -0.39 is 12.1 Å².